The second-order valence-corrected chi connectivity index (χ2v) is 8.65. The maximum absolute atomic E-state index is 12.0. The Morgan fingerprint density at radius 1 is 1.19 bits per heavy atom. The second-order valence-electron chi connectivity index (χ2n) is 6.73. The van der Waals surface area contributed by atoms with E-state index in [2.05, 4.69) is 42.6 Å². The van der Waals surface area contributed by atoms with Crippen LogP contribution in [0.4, 0.5) is 0 Å². The molecule has 0 bridgehead atoms. The molecule has 1 heterocycles. The Kier molecular flexibility index (Phi) is 8.16. The first-order chi connectivity index (χ1) is 9.80. The van der Waals surface area contributed by atoms with Gasteiger partial charge in [0.2, 0.25) is 10.0 Å². The predicted molar refractivity (Wildman–Crippen MR) is 89.0 cm³/mol. The second kappa shape index (κ2) is 9.08. The molecule has 1 atom stereocenters. The van der Waals surface area contributed by atoms with Gasteiger partial charge in [0, 0.05) is 25.2 Å². The van der Waals surface area contributed by atoms with E-state index in [0.29, 0.717) is 24.5 Å². The molecule has 0 aromatic carbocycles. The van der Waals surface area contributed by atoms with Gasteiger partial charge in [-0.05, 0) is 52.1 Å². The zero-order valence-corrected chi connectivity index (χ0v) is 14.9. The van der Waals surface area contributed by atoms with Crippen LogP contribution in [0, 0.1) is 5.92 Å². The molecule has 126 valence electrons. The lowest BCUT2D eigenvalue weighted by molar-refractivity contribution is 0.265. The van der Waals surface area contributed by atoms with Crippen molar-refractivity contribution in [2.75, 3.05) is 31.9 Å². The fraction of sp³-hybridized carbons (Fsp3) is 1.00. The van der Waals surface area contributed by atoms with Gasteiger partial charge in [0.05, 0.1) is 5.75 Å². The first-order valence-corrected chi connectivity index (χ1v) is 9.90. The van der Waals surface area contributed by atoms with E-state index in [9.17, 15) is 8.42 Å². The van der Waals surface area contributed by atoms with Gasteiger partial charge in [0.1, 0.15) is 0 Å². The summed E-state index contributed by atoms with van der Waals surface area (Å²) < 4.78 is 26.7. The topological polar surface area (TPSA) is 61.4 Å². The minimum Gasteiger partial charge on any atom is -0.315 e. The Hall–Kier alpha value is -0.170. The first kappa shape index (κ1) is 18.9. The van der Waals surface area contributed by atoms with Crippen molar-refractivity contribution in [3.05, 3.63) is 0 Å². The molecule has 0 aromatic rings. The lowest BCUT2D eigenvalue weighted by Crippen LogP contribution is -2.34. The van der Waals surface area contributed by atoms with Gasteiger partial charge < -0.3 is 10.2 Å². The van der Waals surface area contributed by atoms with Gasteiger partial charge in [0.15, 0.2) is 0 Å². The van der Waals surface area contributed by atoms with Crippen molar-refractivity contribution in [2.45, 2.75) is 59.0 Å². The maximum Gasteiger partial charge on any atom is 0.211 e. The van der Waals surface area contributed by atoms with E-state index >= 15 is 0 Å². The average Bonchev–Trinajstić information content (AvgIpc) is 2.84. The van der Waals surface area contributed by atoms with Crippen LogP contribution in [-0.2, 0) is 10.0 Å². The molecule has 0 radical (unpaired) electrons. The van der Waals surface area contributed by atoms with E-state index in [1.165, 1.54) is 0 Å². The summed E-state index contributed by atoms with van der Waals surface area (Å²) in [5.41, 5.74) is 0. The van der Waals surface area contributed by atoms with Crippen LogP contribution in [-0.4, -0.2) is 57.3 Å². The molecule has 2 N–H and O–H groups in total. The van der Waals surface area contributed by atoms with Crippen LogP contribution >= 0.6 is 0 Å². The highest BCUT2D eigenvalue weighted by Gasteiger charge is 2.25. The van der Waals surface area contributed by atoms with Crippen LogP contribution < -0.4 is 10.0 Å². The third-order valence-electron chi connectivity index (χ3n) is 4.03. The molecular formula is C15H33N3O2S. The van der Waals surface area contributed by atoms with Crippen molar-refractivity contribution < 1.29 is 8.42 Å². The number of unbranched alkanes of at least 4 members (excludes halogenated alkanes) is 1. The van der Waals surface area contributed by atoms with Gasteiger partial charge in [-0.15, -0.1) is 0 Å². The molecule has 21 heavy (non-hydrogen) atoms. The van der Waals surface area contributed by atoms with Crippen molar-refractivity contribution in [3.8, 4) is 0 Å². The number of sulfonamides is 1. The zero-order chi connectivity index (χ0) is 15.9. The minimum absolute atomic E-state index is 0.243. The Balaban J connectivity index is 2.15. The normalized spacial score (nSPS) is 20.8. The number of rotatable bonds is 10. The molecule has 0 spiro atoms. The van der Waals surface area contributed by atoms with E-state index in [4.69, 9.17) is 0 Å². The summed E-state index contributed by atoms with van der Waals surface area (Å²) >= 11 is 0. The third-order valence-corrected chi connectivity index (χ3v) is 5.46. The summed E-state index contributed by atoms with van der Waals surface area (Å²) in [6, 6.07) is 1.02. The zero-order valence-electron chi connectivity index (χ0n) is 14.1. The van der Waals surface area contributed by atoms with Crippen LogP contribution in [0.5, 0.6) is 0 Å². The monoisotopic (exact) mass is 319 g/mol. The van der Waals surface area contributed by atoms with Gasteiger partial charge in [-0.25, -0.2) is 13.1 Å². The van der Waals surface area contributed by atoms with Gasteiger partial charge in [-0.3, -0.25) is 0 Å². The van der Waals surface area contributed by atoms with E-state index in [1.54, 1.807) is 0 Å². The molecule has 1 unspecified atom stereocenters. The summed E-state index contributed by atoms with van der Waals surface area (Å²) in [4.78, 5) is 2.41. The molecule has 1 rings (SSSR count). The first-order valence-electron chi connectivity index (χ1n) is 8.25. The highest BCUT2D eigenvalue weighted by atomic mass is 32.2. The van der Waals surface area contributed by atoms with Crippen molar-refractivity contribution in [1.29, 1.82) is 0 Å². The van der Waals surface area contributed by atoms with Gasteiger partial charge >= 0.3 is 0 Å². The van der Waals surface area contributed by atoms with E-state index < -0.39 is 10.0 Å². The summed E-state index contributed by atoms with van der Waals surface area (Å²) in [5.74, 6) is 0.706. The van der Waals surface area contributed by atoms with Crippen molar-refractivity contribution in [3.63, 3.8) is 0 Å². The summed E-state index contributed by atoms with van der Waals surface area (Å²) in [7, 11) is -3.10. The molecule has 1 saturated heterocycles. The predicted octanol–water partition coefficient (Wildman–Crippen LogP) is 1.41. The lowest BCUT2D eigenvalue weighted by Gasteiger charge is -2.20. The standard InChI is InChI=1S/C15H33N3O2S/c1-13(2)16-8-5-6-10-21(19,20)17-11-15-7-9-18(12-15)14(3)4/h13-17H,5-12H2,1-4H3. The third kappa shape index (κ3) is 8.14. The summed E-state index contributed by atoms with van der Waals surface area (Å²) in [5, 5.41) is 3.30. The van der Waals surface area contributed by atoms with Crippen LogP contribution in [0.1, 0.15) is 47.0 Å². The fourth-order valence-electron chi connectivity index (χ4n) is 2.62. The van der Waals surface area contributed by atoms with Gasteiger partial charge in [-0.1, -0.05) is 13.8 Å². The van der Waals surface area contributed by atoms with Crippen molar-refractivity contribution >= 4 is 10.0 Å². The Bertz CT molecular complexity index is 382. The molecule has 1 aliphatic rings. The average molecular weight is 320 g/mol. The van der Waals surface area contributed by atoms with E-state index in [-0.39, 0.29) is 5.75 Å². The number of hydrogen-bond donors (Lipinski definition) is 2. The summed E-state index contributed by atoms with van der Waals surface area (Å²) in [6.45, 7) is 12.2. The molecule has 0 aliphatic carbocycles. The molecule has 1 aliphatic heterocycles. The minimum atomic E-state index is -3.10. The smallest absolute Gasteiger partial charge is 0.211 e. The highest BCUT2D eigenvalue weighted by molar-refractivity contribution is 7.89. The number of nitrogens with zero attached hydrogens (tertiary/aromatic N) is 1. The molecule has 6 heteroatoms. The highest BCUT2D eigenvalue weighted by Crippen LogP contribution is 2.17. The quantitative estimate of drug-likeness (QED) is 0.598. The molecule has 1 fully saturated rings. The largest absolute Gasteiger partial charge is 0.315 e. The Morgan fingerprint density at radius 3 is 2.48 bits per heavy atom. The van der Waals surface area contributed by atoms with Gasteiger partial charge in [-0.2, -0.15) is 0 Å². The molecule has 0 aromatic heterocycles. The number of likely N-dealkylation sites (tertiary alicyclic amines) is 1. The SMILES string of the molecule is CC(C)NCCCCS(=O)(=O)NCC1CCN(C(C)C)C1. The fourth-order valence-corrected chi connectivity index (χ4v) is 3.84. The summed E-state index contributed by atoms with van der Waals surface area (Å²) in [6.07, 6.45) is 2.72. The molecule has 0 saturated carbocycles. The number of hydrogen-bond acceptors (Lipinski definition) is 4. The van der Waals surface area contributed by atoms with Crippen LogP contribution in [0.15, 0.2) is 0 Å². The van der Waals surface area contributed by atoms with Crippen molar-refractivity contribution in [1.82, 2.24) is 14.9 Å². The van der Waals surface area contributed by atoms with E-state index in [1.807, 2.05) is 0 Å². The number of nitrogens with one attached hydrogen (secondary N) is 2. The van der Waals surface area contributed by atoms with Crippen molar-refractivity contribution in [2.24, 2.45) is 5.92 Å². The van der Waals surface area contributed by atoms with Gasteiger partial charge in [0.25, 0.3) is 0 Å². The Labute approximate surface area is 130 Å². The van der Waals surface area contributed by atoms with E-state index in [0.717, 1.165) is 38.9 Å². The molecule has 0 amide bonds. The van der Waals surface area contributed by atoms with Crippen LogP contribution in [0.25, 0.3) is 0 Å². The Morgan fingerprint density at radius 2 is 1.90 bits per heavy atom. The molecule has 5 nitrogen and oxygen atoms in total. The lowest BCUT2D eigenvalue weighted by atomic mass is 10.1. The molecular weight excluding hydrogens is 286 g/mol. The van der Waals surface area contributed by atoms with Crippen LogP contribution in [0.2, 0.25) is 0 Å². The van der Waals surface area contributed by atoms with Crippen LogP contribution in [0.3, 0.4) is 0 Å². The maximum atomic E-state index is 12.0.